The molecule has 27 heavy (non-hydrogen) atoms. The topological polar surface area (TPSA) is 57.7 Å². The van der Waals surface area contributed by atoms with Crippen LogP contribution in [0.15, 0.2) is 29.2 Å². The van der Waals surface area contributed by atoms with Gasteiger partial charge in [0.2, 0.25) is 5.91 Å². The maximum atomic E-state index is 12.8. The summed E-state index contributed by atoms with van der Waals surface area (Å²) in [4.78, 5) is 17.7. The van der Waals surface area contributed by atoms with Gasteiger partial charge in [0.25, 0.3) is 0 Å². The number of carbonyl (C=O) groups excluding carboxylic acids is 1. The van der Waals surface area contributed by atoms with Crippen molar-refractivity contribution in [3.05, 3.63) is 29.8 Å². The van der Waals surface area contributed by atoms with Crippen LogP contribution in [0.2, 0.25) is 0 Å². The van der Waals surface area contributed by atoms with Crippen molar-refractivity contribution in [1.29, 1.82) is 0 Å². The van der Waals surface area contributed by atoms with E-state index in [9.17, 15) is 13.2 Å². The molecule has 0 aliphatic carbocycles. The van der Waals surface area contributed by atoms with Crippen molar-refractivity contribution in [3.63, 3.8) is 0 Å². The highest BCUT2D eigenvalue weighted by atomic mass is 32.2. The zero-order valence-electron chi connectivity index (χ0n) is 17.1. The van der Waals surface area contributed by atoms with E-state index in [0.29, 0.717) is 18.7 Å². The first-order valence-corrected chi connectivity index (χ1v) is 12.2. The zero-order chi connectivity index (χ0) is 20.2. The number of rotatable bonds is 7. The molecule has 0 radical (unpaired) electrons. The molecule has 0 bridgehead atoms. The normalized spacial score (nSPS) is 19.4. The second-order valence-electron chi connectivity index (χ2n) is 8.51. The molecule has 0 N–H and O–H groups in total. The fraction of sp³-hybridized carbons (Fsp3) is 0.650. The van der Waals surface area contributed by atoms with Gasteiger partial charge in [0.1, 0.15) is 0 Å². The van der Waals surface area contributed by atoms with E-state index in [4.69, 9.17) is 0 Å². The van der Waals surface area contributed by atoms with E-state index in [1.807, 2.05) is 19.0 Å². The van der Waals surface area contributed by atoms with Crippen LogP contribution in [0.25, 0.3) is 0 Å². The molecule has 0 spiro atoms. The van der Waals surface area contributed by atoms with Crippen LogP contribution >= 0.6 is 11.8 Å². The number of hydrogen-bond donors (Lipinski definition) is 0. The Morgan fingerprint density at radius 2 is 1.78 bits per heavy atom. The van der Waals surface area contributed by atoms with Gasteiger partial charge in [0.15, 0.2) is 9.84 Å². The monoisotopic (exact) mass is 412 g/mol. The zero-order valence-corrected chi connectivity index (χ0v) is 18.7. The van der Waals surface area contributed by atoms with Crippen LogP contribution in [0.4, 0.5) is 0 Å². The van der Waals surface area contributed by atoms with Gasteiger partial charge in [0, 0.05) is 24.0 Å². The number of benzene rings is 1. The van der Waals surface area contributed by atoms with Gasteiger partial charge in [-0.1, -0.05) is 32.9 Å². The highest BCUT2D eigenvalue weighted by Crippen LogP contribution is 2.26. The number of amides is 1. The average molecular weight is 413 g/mol. The third kappa shape index (κ3) is 6.80. The number of nitrogens with zero attached hydrogens (tertiary/aromatic N) is 2. The number of carbonyl (C=O) groups is 1. The van der Waals surface area contributed by atoms with E-state index in [1.165, 1.54) is 17.3 Å². The molecule has 1 aromatic rings. The van der Waals surface area contributed by atoms with E-state index in [-0.39, 0.29) is 28.9 Å². The van der Waals surface area contributed by atoms with Crippen molar-refractivity contribution in [2.24, 2.45) is 0 Å². The van der Waals surface area contributed by atoms with Crippen molar-refractivity contribution in [2.75, 3.05) is 44.4 Å². The molecule has 1 aromatic carbocycles. The van der Waals surface area contributed by atoms with Crippen molar-refractivity contribution in [1.82, 2.24) is 9.80 Å². The molecule has 1 heterocycles. The number of hydrogen-bond acceptors (Lipinski definition) is 5. The second kappa shape index (κ2) is 8.97. The van der Waals surface area contributed by atoms with Gasteiger partial charge in [-0.2, -0.15) is 0 Å². The fourth-order valence-electron chi connectivity index (χ4n) is 3.12. The molecule has 5 nitrogen and oxygen atoms in total. The van der Waals surface area contributed by atoms with Crippen LogP contribution in [0, 0.1) is 0 Å². The number of sulfone groups is 1. The Morgan fingerprint density at radius 3 is 2.26 bits per heavy atom. The highest BCUT2D eigenvalue weighted by Gasteiger charge is 2.34. The van der Waals surface area contributed by atoms with Crippen LogP contribution < -0.4 is 0 Å². The number of likely N-dealkylation sites (N-methyl/N-ethyl adjacent to an activating group) is 1. The van der Waals surface area contributed by atoms with Gasteiger partial charge in [0.05, 0.1) is 17.3 Å². The molecule has 7 heteroatoms. The predicted octanol–water partition coefficient (Wildman–Crippen LogP) is 2.65. The fourth-order valence-corrected chi connectivity index (χ4v) is 5.63. The van der Waals surface area contributed by atoms with E-state index in [2.05, 4.69) is 45.0 Å². The summed E-state index contributed by atoms with van der Waals surface area (Å²) in [7, 11) is 0.903. The summed E-state index contributed by atoms with van der Waals surface area (Å²) in [5, 5.41) is 0. The van der Waals surface area contributed by atoms with Crippen molar-refractivity contribution >= 4 is 27.5 Å². The quantitative estimate of drug-likeness (QED) is 0.645. The summed E-state index contributed by atoms with van der Waals surface area (Å²) in [6, 6.07) is 8.15. The third-order valence-corrected chi connectivity index (χ3v) is 7.59. The Bertz CT molecular complexity index is 737. The lowest BCUT2D eigenvalue weighted by Crippen LogP contribution is -2.45. The maximum absolute atomic E-state index is 12.8. The lowest BCUT2D eigenvalue weighted by molar-refractivity contribution is -0.130. The van der Waals surface area contributed by atoms with Gasteiger partial charge >= 0.3 is 0 Å². The SMILES string of the molecule is CN(C)CCN(C(=O)CSc1ccc(C(C)(C)C)cc1)[C@H]1CCS(=O)(=O)C1. The van der Waals surface area contributed by atoms with Gasteiger partial charge in [-0.25, -0.2) is 8.42 Å². The highest BCUT2D eigenvalue weighted by molar-refractivity contribution is 8.00. The molecule has 1 saturated heterocycles. The van der Waals surface area contributed by atoms with E-state index >= 15 is 0 Å². The lowest BCUT2D eigenvalue weighted by Gasteiger charge is -2.29. The van der Waals surface area contributed by atoms with E-state index in [1.54, 1.807) is 4.90 Å². The molecule has 0 unspecified atom stereocenters. The average Bonchev–Trinajstić information content (AvgIpc) is 2.92. The Hall–Kier alpha value is -1.05. The van der Waals surface area contributed by atoms with Crippen LogP contribution in [0.5, 0.6) is 0 Å². The third-order valence-electron chi connectivity index (χ3n) is 4.84. The Balaban J connectivity index is 2.00. The summed E-state index contributed by atoms with van der Waals surface area (Å²) in [5.74, 6) is 0.629. The molecule has 1 fully saturated rings. The first kappa shape index (κ1) is 22.2. The molecule has 0 aromatic heterocycles. The molecular formula is C20H32N2O3S2. The van der Waals surface area contributed by atoms with Crippen molar-refractivity contribution in [2.45, 2.75) is 43.5 Å². The summed E-state index contributed by atoms with van der Waals surface area (Å²) in [6.45, 7) is 7.83. The Morgan fingerprint density at radius 1 is 1.15 bits per heavy atom. The molecule has 2 rings (SSSR count). The Labute approximate surface area is 168 Å². The van der Waals surface area contributed by atoms with Crippen LogP contribution in [-0.2, 0) is 20.0 Å². The molecule has 1 aliphatic rings. The molecular weight excluding hydrogens is 380 g/mol. The first-order valence-electron chi connectivity index (χ1n) is 9.36. The summed E-state index contributed by atoms with van der Waals surface area (Å²) < 4.78 is 23.7. The minimum absolute atomic E-state index is 0.0175. The van der Waals surface area contributed by atoms with Crippen LogP contribution in [0.3, 0.4) is 0 Å². The first-order chi connectivity index (χ1) is 12.5. The molecule has 1 aliphatic heterocycles. The second-order valence-corrected chi connectivity index (χ2v) is 11.8. The summed E-state index contributed by atoms with van der Waals surface area (Å²) in [5.41, 5.74) is 1.37. The minimum Gasteiger partial charge on any atom is -0.337 e. The molecule has 1 atom stereocenters. The molecule has 0 saturated carbocycles. The van der Waals surface area contributed by atoms with Gasteiger partial charge in [-0.15, -0.1) is 11.8 Å². The minimum atomic E-state index is -3.01. The summed E-state index contributed by atoms with van der Waals surface area (Å²) in [6.07, 6.45) is 0.548. The maximum Gasteiger partial charge on any atom is 0.233 e. The van der Waals surface area contributed by atoms with Crippen molar-refractivity contribution < 1.29 is 13.2 Å². The Kier molecular flexibility index (Phi) is 7.39. The molecule has 1 amide bonds. The standard InChI is InChI=1S/C20H32N2O3S2/c1-20(2,3)16-6-8-18(9-7-16)26-14-19(23)22(12-11-21(4)5)17-10-13-27(24,25)15-17/h6-9,17H,10-15H2,1-5H3/t17-/m0/s1. The van der Waals surface area contributed by atoms with Crippen LogP contribution in [0.1, 0.15) is 32.8 Å². The van der Waals surface area contributed by atoms with E-state index < -0.39 is 9.84 Å². The van der Waals surface area contributed by atoms with E-state index in [0.717, 1.165) is 11.4 Å². The van der Waals surface area contributed by atoms with Gasteiger partial charge < -0.3 is 9.80 Å². The molecule has 152 valence electrons. The smallest absolute Gasteiger partial charge is 0.233 e. The van der Waals surface area contributed by atoms with Gasteiger partial charge in [-0.3, -0.25) is 4.79 Å². The lowest BCUT2D eigenvalue weighted by atomic mass is 9.87. The van der Waals surface area contributed by atoms with Crippen LogP contribution in [-0.4, -0.2) is 74.6 Å². The summed E-state index contributed by atoms with van der Waals surface area (Å²) >= 11 is 1.51. The largest absolute Gasteiger partial charge is 0.337 e. The van der Waals surface area contributed by atoms with Crippen molar-refractivity contribution in [3.8, 4) is 0 Å². The number of thioether (sulfide) groups is 1. The predicted molar refractivity (Wildman–Crippen MR) is 113 cm³/mol. The van der Waals surface area contributed by atoms with Gasteiger partial charge in [-0.05, 0) is 43.6 Å².